The summed E-state index contributed by atoms with van der Waals surface area (Å²) < 4.78 is 29.9. The van der Waals surface area contributed by atoms with E-state index in [0.717, 1.165) is 36.4 Å². The van der Waals surface area contributed by atoms with Crippen molar-refractivity contribution >= 4 is 5.96 Å². The van der Waals surface area contributed by atoms with Crippen molar-refractivity contribution < 1.29 is 18.6 Å². The number of benzene rings is 2. The maximum atomic E-state index is 13.9. The number of hydrogen-bond acceptors (Lipinski definition) is 4. The molecule has 164 valence electrons. The average Bonchev–Trinajstić information content (AvgIpc) is 2.76. The van der Waals surface area contributed by atoms with Crippen LogP contribution in [-0.4, -0.2) is 40.4 Å². The zero-order chi connectivity index (χ0) is 21.9. The predicted molar refractivity (Wildman–Crippen MR) is 118 cm³/mol. The Hall–Kier alpha value is -2.96. The topological polar surface area (TPSA) is 64.1 Å². The second-order valence-corrected chi connectivity index (χ2v) is 6.78. The molecule has 0 aliphatic rings. The van der Waals surface area contributed by atoms with E-state index in [1.54, 1.807) is 20.2 Å². The molecule has 0 saturated heterocycles. The molecule has 0 radical (unpaired) electrons. The first-order valence-electron chi connectivity index (χ1n) is 10.1. The van der Waals surface area contributed by atoms with Crippen LogP contribution in [0.2, 0.25) is 0 Å². The first-order valence-corrected chi connectivity index (χ1v) is 10.1. The number of ether oxygens (including phenoxy) is 3. The van der Waals surface area contributed by atoms with Gasteiger partial charge in [-0.1, -0.05) is 12.1 Å². The first-order chi connectivity index (χ1) is 14.5. The maximum absolute atomic E-state index is 13.9. The lowest BCUT2D eigenvalue weighted by Crippen LogP contribution is -2.39. The molecular weight excluding hydrogens is 385 g/mol. The van der Waals surface area contributed by atoms with Gasteiger partial charge in [-0.25, -0.2) is 4.39 Å². The molecule has 0 fully saturated rings. The summed E-state index contributed by atoms with van der Waals surface area (Å²) in [4.78, 5) is 4.25. The second-order valence-electron chi connectivity index (χ2n) is 6.78. The minimum atomic E-state index is -0.377. The molecule has 0 aromatic heterocycles. The lowest BCUT2D eigenvalue weighted by Gasteiger charge is -2.19. The Morgan fingerprint density at radius 1 is 1.07 bits per heavy atom. The number of rotatable bonds is 10. The molecule has 0 saturated carbocycles. The fourth-order valence-corrected chi connectivity index (χ4v) is 3.08. The van der Waals surface area contributed by atoms with Gasteiger partial charge in [-0.05, 0) is 62.1 Å². The van der Waals surface area contributed by atoms with Gasteiger partial charge in [-0.15, -0.1) is 0 Å². The van der Waals surface area contributed by atoms with E-state index >= 15 is 0 Å². The highest BCUT2D eigenvalue weighted by molar-refractivity contribution is 5.80. The first kappa shape index (κ1) is 23.3. The van der Waals surface area contributed by atoms with Gasteiger partial charge < -0.3 is 24.8 Å². The van der Waals surface area contributed by atoms with Crippen LogP contribution in [0.4, 0.5) is 4.39 Å². The molecular formula is C23H32FN3O3. The van der Waals surface area contributed by atoms with Gasteiger partial charge in [0, 0.05) is 13.6 Å². The monoisotopic (exact) mass is 417 g/mol. The molecule has 0 aliphatic carbocycles. The molecule has 2 aromatic rings. The fraction of sp³-hybridized carbons (Fsp3) is 0.435. The minimum absolute atomic E-state index is 0.105. The number of halogens is 1. The molecule has 0 aliphatic heterocycles. The third-order valence-electron chi connectivity index (χ3n) is 4.72. The zero-order valence-electron chi connectivity index (χ0n) is 18.4. The van der Waals surface area contributed by atoms with Crippen molar-refractivity contribution in [1.82, 2.24) is 10.6 Å². The Morgan fingerprint density at radius 3 is 2.43 bits per heavy atom. The molecule has 0 amide bonds. The highest BCUT2D eigenvalue weighted by Crippen LogP contribution is 2.28. The van der Waals surface area contributed by atoms with E-state index in [-0.39, 0.29) is 17.6 Å². The van der Waals surface area contributed by atoms with Crippen LogP contribution in [-0.2, 0) is 6.42 Å². The Bertz CT molecular complexity index is 842. The van der Waals surface area contributed by atoms with Crippen LogP contribution >= 0.6 is 0 Å². The van der Waals surface area contributed by atoms with Gasteiger partial charge in [-0.3, -0.25) is 4.99 Å². The molecule has 1 unspecified atom stereocenters. The number of hydrogen-bond donors (Lipinski definition) is 2. The second kappa shape index (κ2) is 11.9. The smallest absolute Gasteiger partial charge is 0.191 e. The van der Waals surface area contributed by atoms with Crippen molar-refractivity contribution in [2.75, 3.05) is 34.4 Å². The summed E-state index contributed by atoms with van der Waals surface area (Å²) in [6.45, 7) is 5.26. The number of nitrogens with one attached hydrogen (secondary N) is 2. The van der Waals surface area contributed by atoms with Crippen LogP contribution in [0.15, 0.2) is 41.4 Å². The maximum Gasteiger partial charge on any atom is 0.191 e. The lowest BCUT2D eigenvalue weighted by molar-refractivity contribution is 0.310. The molecule has 0 heterocycles. The van der Waals surface area contributed by atoms with Crippen molar-refractivity contribution in [2.24, 2.45) is 4.99 Å². The molecule has 2 aromatic carbocycles. The Kier molecular flexibility index (Phi) is 9.25. The van der Waals surface area contributed by atoms with Crippen LogP contribution in [0.3, 0.4) is 0 Å². The van der Waals surface area contributed by atoms with Gasteiger partial charge in [0.25, 0.3) is 0 Å². The molecule has 7 heteroatoms. The van der Waals surface area contributed by atoms with E-state index in [2.05, 4.69) is 21.7 Å². The number of aryl methyl sites for hydroxylation is 1. The van der Waals surface area contributed by atoms with E-state index in [0.29, 0.717) is 12.6 Å². The normalized spacial score (nSPS) is 12.3. The number of aliphatic imine (C=N–C) groups is 1. The predicted octanol–water partition coefficient (Wildman–Crippen LogP) is 4.10. The van der Waals surface area contributed by atoms with E-state index in [1.807, 2.05) is 32.0 Å². The van der Waals surface area contributed by atoms with E-state index in [4.69, 9.17) is 14.2 Å². The Labute approximate surface area is 178 Å². The SMILES string of the molecule is CCOc1cc(CCCNC(=NC)NC(C)c2ccc(OC)c(F)c2)ccc1OC. The van der Waals surface area contributed by atoms with Crippen molar-refractivity contribution in [3.63, 3.8) is 0 Å². The van der Waals surface area contributed by atoms with Gasteiger partial charge in [0.2, 0.25) is 0 Å². The third-order valence-corrected chi connectivity index (χ3v) is 4.72. The van der Waals surface area contributed by atoms with Crippen molar-refractivity contribution in [3.8, 4) is 17.2 Å². The molecule has 0 bridgehead atoms. The average molecular weight is 418 g/mol. The molecule has 0 spiro atoms. The van der Waals surface area contributed by atoms with E-state index < -0.39 is 0 Å². The van der Waals surface area contributed by atoms with E-state index in [1.165, 1.54) is 18.7 Å². The highest BCUT2D eigenvalue weighted by atomic mass is 19.1. The minimum Gasteiger partial charge on any atom is -0.494 e. The van der Waals surface area contributed by atoms with Crippen molar-refractivity contribution in [1.29, 1.82) is 0 Å². The van der Waals surface area contributed by atoms with Gasteiger partial charge >= 0.3 is 0 Å². The summed E-state index contributed by atoms with van der Waals surface area (Å²) in [5, 5.41) is 6.59. The highest BCUT2D eigenvalue weighted by Gasteiger charge is 2.11. The zero-order valence-corrected chi connectivity index (χ0v) is 18.4. The largest absolute Gasteiger partial charge is 0.494 e. The summed E-state index contributed by atoms with van der Waals surface area (Å²) in [5.74, 6) is 2.04. The standard InChI is InChI=1S/C23H32FN3O3/c1-6-30-22-14-17(9-11-21(22)29-5)8-7-13-26-23(25-3)27-16(2)18-10-12-20(28-4)19(24)15-18/h9-12,14-16H,6-8,13H2,1-5H3,(H2,25,26,27). The molecule has 2 N–H and O–H groups in total. The number of methoxy groups -OCH3 is 2. The quantitative estimate of drug-likeness (QED) is 0.346. The van der Waals surface area contributed by atoms with E-state index in [9.17, 15) is 4.39 Å². The molecule has 6 nitrogen and oxygen atoms in total. The van der Waals surface area contributed by atoms with Gasteiger partial charge in [0.1, 0.15) is 0 Å². The number of guanidine groups is 1. The Balaban J connectivity index is 1.84. The summed E-state index contributed by atoms with van der Waals surface area (Å²) >= 11 is 0. The van der Waals surface area contributed by atoms with Gasteiger partial charge in [-0.2, -0.15) is 0 Å². The third kappa shape index (κ3) is 6.54. The van der Waals surface area contributed by atoms with Crippen LogP contribution < -0.4 is 24.8 Å². The summed E-state index contributed by atoms with van der Waals surface area (Å²) in [6, 6.07) is 10.8. The summed E-state index contributed by atoms with van der Waals surface area (Å²) in [6.07, 6.45) is 1.82. The van der Waals surface area contributed by atoms with Crippen LogP contribution in [0.1, 0.15) is 37.4 Å². The molecule has 2 rings (SSSR count). The van der Waals surface area contributed by atoms with Gasteiger partial charge in [0.15, 0.2) is 29.0 Å². The molecule has 30 heavy (non-hydrogen) atoms. The van der Waals surface area contributed by atoms with Crippen LogP contribution in [0.5, 0.6) is 17.2 Å². The van der Waals surface area contributed by atoms with Crippen LogP contribution in [0.25, 0.3) is 0 Å². The van der Waals surface area contributed by atoms with Crippen molar-refractivity contribution in [3.05, 3.63) is 53.3 Å². The van der Waals surface area contributed by atoms with Crippen molar-refractivity contribution in [2.45, 2.75) is 32.7 Å². The fourth-order valence-electron chi connectivity index (χ4n) is 3.08. The Morgan fingerprint density at radius 2 is 1.80 bits per heavy atom. The van der Waals surface area contributed by atoms with Gasteiger partial charge in [0.05, 0.1) is 26.9 Å². The molecule has 1 atom stereocenters. The summed E-state index contributed by atoms with van der Waals surface area (Å²) in [7, 11) is 4.81. The summed E-state index contributed by atoms with van der Waals surface area (Å²) in [5.41, 5.74) is 2.00. The number of nitrogens with zero attached hydrogens (tertiary/aromatic N) is 1. The lowest BCUT2D eigenvalue weighted by atomic mass is 10.1. The van der Waals surface area contributed by atoms with Crippen LogP contribution in [0, 0.1) is 5.82 Å².